The smallest absolute Gasteiger partial charge is 0.338 e. The van der Waals surface area contributed by atoms with Crippen molar-refractivity contribution in [3.63, 3.8) is 0 Å². The summed E-state index contributed by atoms with van der Waals surface area (Å²) >= 11 is 0. The predicted octanol–water partition coefficient (Wildman–Crippen LogP) is 1.39. The standard InChI is InChI=1S/C16H20O6/c1-9-4-6-10(7-5-9)14(17)19-8-11-12-13(15(18)20-11)22-16(2,3)21-12/h4-7,11-13,15,18H,8H2,1-3H3/t11-,12-,13-,15?/m1/s1. The minimum Gasteiger partial charge on any atom is -0.459 e. The third-order valence-corrected chi connectivity index (χ3v) is 3.79. The molecule has 2 fully saturated rings. The van der Waals surface area contributed by atoms with Crippen LogP contribution >= 0.6 is 0 Å². The zero-order chi connectivity index (χ0) is 15.9. The average molecular weight is 308 g/mol. The molecule has 22 heavy (non-hydrogen) atoms. The van der Waals surface area contributed by atoms with Crippen LogP contribution in [0.5, 0.6) is 0 Å². The molecule has 6 nitrogen and oxygen atoms in total. The zero-order valence-electron chi connectivity index (χ0n) is 12.8. The van der Waals surface area contributed by atoms with Crippen molar-refractivity contribution in [2.24, 2.45) is 0 Å². The molecule has 0 radical (unpaired) electrons. The van der Waals surface area contributed by atoms with Crippen molar-refractivity contribution in [3.05, 3.63) is 35.4 Å². The highest BCUT2D eigenvalue weighted by molar-refractivity contribution is 5.89. The molecule has 2 saturated heterocycles. The lowest BCUT2D eigenvalue weighted by atomic mass is 10.1. The molecule has 0 saturated carbocycles. The number of aryl methyl sites for hydroxylation is 1. The number of benzene rings is 1. The van der Waals surface area contributed by atoms with Gasteiger partial charge in [-0.15, -0.1) is 0 Å². The first kappa shape index (κ1) is 15.4. The maximum absolute atomic E-state index is 12.0. The Bertz CT molecular complexity index is 552. The van der Waals surface area contributed by atoms with Crippen molar-refractivity contribution in [2.75, 3.05) is 6.61 Å². The molecule has 2 aliphatic heterocycles. The van der Waals surface area contributed by atoms with Gasteiger partial charge >= 0.3 is 5.97 Å². The molecule has 0 spiro atoms. The quantitative estimate of drug-likeness (QED) is 0.851. The van der Waals surface area contributed by atoms with Crippen molar-refractivity contribution < 1.29 is 28.8 Å². The second-order valence-corrected chi connectivity index (χ2v) is 6.09. The van der Waals surface area contributed by atoms with Crippen LogP contribution in [0.15, 0.2) is 24.3 Å². The molecule has 120 valence electrons. The van der Waals surface area contributed by atoms with Crippen LogP contribution in [-0.2, 0) is 18.9 Å². The van der Waals surface area contributed by atoms with Gasteiger partial charge < -0.3 is 24.1 Å². The second-order valence-electron chi connectivity index (χ2n) is 6.09. The summed E-state index contributed by atoms with van der Waals surface area (Å²) in [6, 6.07) is 7.12. The van der Waals surface area contributed by atoms with Gasteiger partial charge in [0.15, 0.2) is 12.1 Å². The fraction of sp³-hybridized carbons (Fsp3) is 0.562. The van der Waals surface area contributed by atoms with Crippen LogP contribution in [0.25, 0.3) is 0 Å². The molecule has 0 aliphatic carbocycles. The van der Waals surface area contributed by atoms with E-state index < -0.39 is 36.4 Å². The van der Waals surface area contributed by atoms with Crippen LogP contribution in [-0.4, -0.2) is 48.1 Å². The van der Waals surface area contributed by atoms with E-state index in [1.807, 2.05) is 19.1 Å². The van der Waals surface area contributed by atoms with Crippen LogP contribution in [0.1, 0.15) is 29.8 Å². The van der Waals surface area contributed by atoms with Crippen molar-refractivity contribution >= 4 is 5.97 Å². The summed E-state index contributed by atoms with van der Waals surface area (Å²) in [5, 5.41) is 9.85. The summed E-state index contributed by atoms with van der Waals surface area (Å²) in [5.74, 6) is -1.21. The van der Waals surface area contributed by atoms with E-state index in [2.05, 4.69) is 0 Å². The molecule has 1 N–H and O–H groups in total. The van der Waals surface area contributed by atoms with E-state index in [9.17, 15) is 9.90 Å². The molecule has 1 aromatic carbocycles. The molecule has 0 bridgehead atoms. The lowest BCUT2D eigenvalue weighted by Gasteiger charge is -2.22. The number of aliphatic hydroxyl groups excluding tert-OH is 1. The van der Waals surface area contributed by atoms with E-state index in [4.69, 9.17) is 18.9 Å². The van der Waals surface area contributed by atoms with Crippen LogP contribution in [0.2, 0.25) is 0 Å². The number of rotatable bonds is 3. The number of hydrogen-bond acceptors (Lipinski definition) is 6. The molecule has 4 atom stereocenters. The third kappa shape index (κ3) is 3.01. The predicted molar refractivity (Wildman–Crippen MR) is 76.2 cm³/mol. The van der Waals surface area contributed by atoms with Gasteiger partial charge in [0.2, 0.25) is 0 Å². The van der Waals surface area contributed by atoms with E-state index in [0.29, 0.717) is 5.56 Å². The van der Waals surface area contributed by atoms with Gasteiger partial charge in [-0.1, -0.05) is 17.7 Å². The summed E-state index contributed by atoms with van der Waals surface area (Å²) in [6.45, 7) is 5.49. The molecule has 0 aromatic heterocycles. The van der Waals surface area contributed by atoms with Crippen molar-refractivity contribution in [2.45, 2.75) is 51.2 Å². The zero-order valence-corrected chi connectivity index (χ0v) is 12.8. The summed E-state index contributed by atoms with van der Waals surface area (Å²) in [6.07, 6.45) is -2.63. The second kappa shape index (κ2) is 5.62. The van der Waals surface area contributed by atoms with Gasteiger partial charge in [0, 0.05) is 0 Å². The Labute approximate surface area is 128 Å². The maximum atomic E-state index is 12.0. The lowest BCUT2D eigenvalue weighted by Crippen LogP contribution is -2.33. The van der Waals surface area contributed by atoms with Gasteiger partial charge in [0.05, 0.1) is 5.56 Å². The molecular weight excluding hydrogens is 288 g/mol. The highest BCUT2D eigenvalue weighted by Crippen LogP contribution is 2.37. The van der Waals surface area contributed by atoms with Gasteiger partial charge in [-0.25, -0.2) is 4.79 Å². The summed E-state index contributed by atoms with van der Waals surface area (Å²) in [5.41, 5.74) is 1.55. The number of ether oxygens (including phenoxy) is 4. The molecule has 0 amide bonds. The van der Waals surface area contributed by atoms with E-state index in [-0.39, 0.29) is 6.61 Å². The van der Waals surface area contributed by atoms with E-state index in [0.717, 1.165) is 5.56 Å². The monoisotopic (exact) mass is 308 g/mol. The first-order valence-corrected chi connectivity index (χ1v) is 7.29. The number of carbonyl (C=O) groups excluding carboxylic acids is 1. The Morgan fingerprint density at radius 3 is 2.55 bits per heavy atom. The lowest BCUT2D eigenvalue weighted by molar-refractivity contribution is -0.223. The Balaban J connectivity index is 1.60. The molecule has 1 unspecified atom stereocenters. The Kier molecular flexibility index (Phi) is 3.94. The average Bonchev–Trinajstić information content (AvgIpc) is 2.92. The van der Waals surface area contributed by atoms with Crippen molar-refractivity contribution in [3.8, 4) is 0 Å². The van der Waals surface area contributed by atoms with Gasteiger partial charge in [-0.2, -0.15) is 0 Å². The largest absolute Gasteiger partial charge is 0.459 e. The molecule has 2 heterocycles. The highest BCUT2D eigenvalue weighted by atomic mass is 16.8. The summed E-state index contributed by atoms with van der Waals surface area (Å²) in [4.78, 5) is 12.0. The summed E-state index contributed by atoms with van der Waals surface area (Å²) < 4.78 is 21.9. The topological polar surface area (TPSA) is 74.2 Å². The van der Waals surface area contributed by atoms with E-state index in [1.165, 1.54) is 0 Å². The Morgan fingerprint density at radius 1 is 1.23 bits per heavy atom. The number of carbonyl (C=O) groups is 1. The normalized spacial score (nSPS) is 32.7. The van der Waals surface area contributed by atoms with E-state index in [1.54, 1.807) is 26.0 Å². The minimum atomic E-state index is -1.07. The minimum absolute atomic E-state index is 0.00434. The third-order valence-electron chi connectivity index (χ3n) is 3.79. The molecule has 6 heteroatoms. The number of aliphatic hydroxyl groups is 1. The van der Waals surface area contributed by atoms with Gasteiger partial charge in [-0.05, 0) is 32.9 Å². The van der Waals surface area contributed by atoms with Crippen LogP contribution in [0.4, 0.5) is 0 Å². The fourth-order valence-corrected chi connectivity index (χ4v) is 2.72. The number of hydrogen-bond donors (Lipinski definition) is 1. The van der Waals surface area contributed by atoms with Crippen molar-refractivity contribution in [1.29, 1.82) is 0 Å². The first-order valence-electron chi connectivity index (χ1n) is 7.29. The van der Waals surface area contributed by atoms with Crippen LogP contribution < -0.4 is 0 Å². The van der Waals surface area contributed by atoms with Crippen molar-refractivity contribution in [1.82, 2.24) is 0 Å². The Morgan fingerprint density at radius 2 is 1.86 bits per heavy atom. The fourth-order valence-electron chi connectivity index (χ4n) is 2.72. The highest BCUT2D eigenvalue weighted by Gasteiger charge is 2.55. The number of fused-ring (bicyclic) bond motifs is 1. The SMILES string of the molecule is Cc1ccc(C(=O)OC[C@H]2OC(O)[C@@H]3OC(C)(C)O[C@H]23)cc1. The van der Waals surface area contributed by atoms with E-state index >= 15 is 0 Å². The Hall–Kier alpha value is -1.47. The maximum Gasteiger partial charge on any atom is 0.338 e. The molecule has 2 aliphatic rings. The molecule has 1 aromatic rings. The first-order chi connectivity index (χ1) is 10.4. The van der Waals surface area contributed by atoms with Crippen LogP contribution in [0.3, 0.4) is 0 Å². The molecular formula is C16H20O6. The number of esters is 1. The molecule has 3 rings (SSSR count). The van der Waals surface area contributed by atoms with Gasteiger partial charge in [0.25, 0.3) is 0 Å². The van der Waals surface area contributed by atoms with Gasteiger partial charge in [-0.3, -0.25) is 0 Å². The van der Waals surface area contributed by atoms with Crippen LogP contribution in [0, 0.1) is 6.92 Å². The summed E-state index contributed by atoms with van der Waals surface area (Å²) in [7, 11) is 0. The van der Waals surface area contributed by atoms with Gasteiger partial charge in [0.1, 0.15) is 24.9 Å².